The molecule has 0 aromatic carbocycles. The van der Waals surface area contributed by atoms with Gasteiger partial charge in [0.25, 0.3) is 5.91 Å². The number of hydrogen-bond acceptors (Lipinski definition) is 3. The highest BCUT2D eigenvalue weighted by Crippen LogP contribution is 2.19. The molecule has 0 bridgehead atoms. The van der Waals surface area contributed by atoms with Gasteiger partial charge in [0.2, 0.25) is 5.56 Å². The lowest BCUT2D eigenvalue weighted by Crippen LogP contribution is -2.44. The van der Waals surface area contributed by atoms with Crippen LogP contribution in [0.3, 0.4) is 0 Å². The second kappa shape index (κ2) is 5.69. The van der Waals surface area contributed by atoms with Crippen molar-refractivity contribution in [2.45, 2.75) is 31.7 Å². The number of aromatic amines is 1. The molecule has 1 aliphatic heterocycles. The van der Waals surface area contributed by atoms with Gasteiger partial charge in [0.15, 0.2) is 0 Å². The van der Waals surface area contributed by atoms with Crippen LogP contribution in [0.15, 0.2) is 23.1 Å². The molecule has 19 heavy (non-hydrogen) atoms. The minimum Gasteiger partial charge on any atom is -0.480 e. The van der Waals surface area contributed by atoms with Gasteiger partial charge in [0.05, 0.1) is 5.56 Å². The van der Waals surface area contributed by atoms with Gasteiger partial charge in [0, 0.05) is 18.8 Å². The van der Waals surface area contributed by atoms with E-state index < -0.39 is 12.0 Å². The molecule has 1 atom stereocenters. The Labute approximate surface area is 110 Å². The molecule has 0 radical (unpaired) electrons. The maximum atomic E-state index is 12.3. The summed E-state index contributed by atoms with van der Waals surface area (Å²) in [5.74, 6) is -1.31. The van der Waals surface area contributed by atoms with Gasteiger partial charge < -0.3 is 15.0 Å². The fourth-order valence-electron chi connectivity index (χ4n) is 2.32. The Hall–Kier alpha value is -2.11. The van der Waals surface area contributed by atoms with Crippen molar-refractivity contribution in [3.8, 4) is 0 Å². The van der Waals surface area contributed by atoms with Crippen molar-refractivity contribution < 1.29 is 14.7 Å². The molecule has 2 N–H and O–H groups in total. The lowest BCUT2D eigenvalue weighted by atomic mass is 10.1. The van der Waals surface area contributed by atoms with E-state index in [2.05, 4.69) is 4.98 Å². The monoisotopic (exact) mass is 264 g/mol. The molecule has 1 aromatic heterocycles. The van der Waals surface area contributed by atoms with Gasteiger partial charge in [-0.1, -0.05) is 12.8 Å². The van der Waals surface area contributed by atoms with E-state index in [1.165, 1.54) is 23.2 Å². The molecule has 1 saturated heterocycles. The molecule has 1 unspecified atom stereocenters. The number of amides is 1. The third kappa shape index (κ3) is 3.01. The summed E-state index contributed by atoms with van der Waals surface area (Å²) in [6, 6.07) is 1.91. The number of carbonyl (C=O) groups is 2. The molecule has 0 saturated carbocycles. The third-order valence-corrected chi connectivity index (χ3v) is 3.33. The standard InChI is InChI=1S/C13H16N2O4/c16-11-6-5-9(8-14-11)12(17)15-7-3-1-2-4-10(15)13(18)19/h5-6,8,10H,1-4,7H2,(H,14,16)(H,18,19). The number of pyridine rings is 1. The number of aromatic nitrogens is 1. The van der Waals surface area contributed by atoms with Crippen LogP contribution in [0.4, 0.5) is 0 Å². The van der Waals surface area contributed by atoms with E-state index in [1.807, 2.05) is 0 Å². The van der Waals surface area contributed by atoms with Crippen LogP contribution in [0.2, 0.25) is 0 Å². The minimum absolute atomic E-state index is 0.290. The zero-order chi connectivity index (χ0) is 13.8. The van der Waals surface area contributed by atoms with E-state index in [0.717, 1.165) is 19.3 Å². The topological polar surface area (TPSA) is 90.5 Å². The Morgan fingerprint density at radius 1 is 1.26 bits per heavy atom. The first kappa shape index (κ1) is 13.3. The summed E-state index contributed by atoms with van der Waals surface area (Å²) in [7, 11) is 0. The van der Waals surface area contributed by atoms with E-state index in [9.17, 15) is 19.5 Å². The van der Waals surface area contributed by atoms with Gasteiger partial charge in [-0.2, -0.15) is 0 Å². The lowest BCUT2D eigenvalue weighted by Gasteiger charge is -2.26. The smallest absolute Gasteiger partial charge is 0.326 e. The number of nitrogens with zero attached hydrogens (tertiary/aromatic N) is 1. The van der Waals surface area contributed by atoms with Gasteiger partial charge in [-0.05, 0) is 18.9 Å². The normalized spacial score (nSPS) is 19.8. The quantitative estimate of drug-likeness (QED) is 0.828. The van der Waals surface area contributed by atoms with E-state index in [0.29, 0.717) is 18.5 Å². The Morgan fingerprint density at radius 3 is 2.68 bits per heavy atom. The van der Waals surface area contributed by atoms with Crippen LogP contribution in [0.1, 0.15) is 36.0 Å². The zero-order valence-electron chi connectivity index (χ0n) is 10.5. The van der Waals surface area contributed by atoms with Crippen LogP contribution in [0.25, 0.3) is 0 Å². The minimum atomic E-state index is -0.973. The summed E-state index contributed by atoms with van der Waals surface area (Å²) in [5, 5.41) is 9.22. The fraction of sp³-hybridized carbons (Fsp3) is 0.462. The highest BCUT2D eigenvalue weighted by Gasteiger charge is 2.31. The van der Waals surface area contributed by atoms with Crippen molar-refractivity contribution in [1.29, 1.82) is 0 Å². The van der Waals surface area contributed by atoms with Crippen LogP contribution < -0.4 is 5.56 Å². The molecular weight excluding hydrogens is 248 g/mol. The molecule has 1 aromatic rings. The highest BCUT2D eigenvalue weighted by atomic mass is 16.4. The van der Waals surface area contributed by atoms with E-state index in [1.54, 1.807) is 0 Å². The largest absolute Gasteiger partial charge is 0.480 e. The molecule has 2 rings (SSSR count). The maximum Gasteiger partial charge on any atom is 0.326 e. The van der Waals surface area contributed by atoms with E-state index >= 15 is 0 Å². The summed E-state index contributed by atoms with van der Waals surface area (Å²) in [4.78, 5) is 38.4. The van der Waals surface area contributed by atoms with E-state index in [4.69, 9.17) is 0 Å². The third-order valence-electron chi connectivity index (χ3n) is 3.33. The Bertz CT molecular complexity index is 517. The van der Waals surface area contributed by atoms with Crippen molar-refractivity contribution in [2.24, 2.45) is 0 Å². The molecule has 1 aliphatic rings. The van der Waals surface area contributed by atoms with Crippen molar-refractivity contribution in [2.75, 3.05) is 6.54 Å². The second-order valence-electron chi connectivity index (χ2n) is 4.64. The Balaban J connectivity index is 2.25. The SMILES string of the molecule is O=C(O)C1CCCCCN1C(=O)c1ccc(=O)[nH]c1. The van der Waals surface area contributed by atoms with Gasteiger partial charge in [-0.25, -0.2) is 4.79 Å². The average molecular weight is 264 g/mol. The first-order valence-corrected chi connectivity index (χ1v) is 6.32. The average Bonchev–Trinajstić information content (AvgIpc) is 2.64. The number of carboxylic acids is 1. The number of rotatable bonds is 2. The van der Waals surface area contributed by atoms with Crippen molar-refractivity contribution in [3.63, 3.8) is 0 Å². The number of H-pyrrole nitrogens is 1. The van der Waals surface area contributed by atoms with E-state index in [-0.39, 0.29) is 11.5 Å². The summed E-state index contributed by atoms with van der Waals surface area (Å²) < 4.78 is 0. The van der Waals surface area contributed by atoms with Crippen LogP contribution in [0.5, 0.6) is 0 Å². The second-order valence-corrected chi connectivity index (χ2v) is 4.64. The fourth-order valence-corrected chi connectivity index (χ4v) is 2.32. The first-order chi connectivity index (χ1) is 9.09. The van der Waals surface area contributed by atoms with Crippen LogP contribution >= 0.6 is 0 Å². The molecule has 0 spiro atoms. The number of hydrogen-bond donors (Lipinski definition) is 2. The molecule has 0 aliphatic carbocycles. The summed E-state index contributed by atoms with van der Waals surface area (Å²) >= 11 is 0. The van der Waals surface area contributed by atoms with Gasteiger partial charge >= 0.3 is 5.97 Å². The lowest BCUT2D eigenvalue weighted by molar-refractivity contribution is -0.142. The summed E-state index contributed by atoms with van der Waals surface area (Å²) in [5.41, 5.74) is 0.0231. The zero-order valence-corrected chi connectivity index (χ0v) is 10.5. The predicted molar refractivity (Wildman–Crippen MR) is 68.0 cm³/mol. The Kier molecular flexibility index (Phi) is 3.99. The Morgan fingerprint density at radius 2 is 2.05 bits per heavy atom. The molecular formula is C13H16N2O4. The molecule has 2 heterocycles. The van der Waals surface area contributed by atoms with Crippen molar-refractivity contribution in [3.05, 3.63) is 34.2 Å². The molecule has 1 fully saturated rings. The molecule has 102 valence electrons. The summed E-state index contributed by atoms with van der Waals surface area (Å²) in [6.07, 6.45) is 4.35. The van der Waals surface area contributed by atoms with Crippen molar-refractivity contribution >= 4 is 11.9 Å². The first-order valence-electron chi connectivity index (χ1n) is 6.32. The summed E-state index contributed by atoms with van der Waals surface area (Å²) in [6.45, 7) is 0.439. The molecule has 6 nitrogen and oxygen atoms in total. The molecule has 6 heteroatoms. The molecule has 1 amide bonds. The van der Waals surface area contributed by atoms with Crippen LogP contribution in [-0.4, -0.2) is 39.5 Å². The highest BCUT2D eigenvalue weighted by molar-refractivity contribution is 5.96. The number of nitrogens with one attached hydrogen (secondary N) is 1. The van der Waals surface area contributed by atoms with Crippen LogP contribution in [0, 0.1) is 0 Å². The van der Waals surface area contributed by atoms with Gasteiger partial charge in [-0.3, -0.25) is 9.59 Å². The van der Waals surface area contributed by atoms with Crippen LogP contribution in [-0.2, 0) is 4.79 Å². The van der Waals surface area contributed by atoms with Gasteiger partial charge in [-0.15, -0.1) is 0 Å². The predicted octanol–water partition coefficient (Wildman–Crippen LogP) is 0.844. The maximum absolute atomic E-state index is 12.3. The number of aliphatic carboxylic acids is 1. The van der Waals surface area contributed by atoms with Crippen molar-refractivity contribution in [1.82, 2.24) is 9.88 Å². The number of carboxylic acid groups (broad SMARTS) is 1. The number of carbonyl (C=O) groups excluding carboxylic acids is 1. The number of likely N-dealkylation sites (tertiary alicyclic amines) is 1. The van der Waals surface area contributed by atoms with Gasteiger partial charge in [0.1, 0.15) is 6.04 Å².